The molecule has 5 nitrogen and oxygen atoms in total. The zero-order chi connectivity index (χ0) is 14.3. The van der Waals surface area contributed by atoms with Crippen LogP contribution in [-0.2, 0) is 4.74 Å². The Morgan fingerprint density at radius 1 is 1.37 bits per heavy atom. The summed E-state index contributed by atoms with van der Waals surface area (Å²) in [4.78, 5) is 11.7. The van der Waals surface area contributed by atoms with Gasteiger partial charge in [-0.25, -0.2) is 4.79 Å². The molecule has 6 heteroatoms. The van der Waals surface area contributed by atoms with Crippen LogP contribution in [0.2, 0.25) is 0 Å². The molecule has 0 unspecified atom stereocenters. The lowest BCUT2D eigenvalue weighted by Crippen LogP contribution is -2.18. The Balaban J connectivity index is 2.43. The van der Waals surface area contributed by atoms with Crippen molar-refractivity contribution in [2.45, 2.75) is 13.8 Å². The van der Waals surface area contributed by atoms with Crippen molar-refractivity contribution < 1.29 is 14.3 Å². The first kappa shape index (κ1) is 15.2. The topological polar surface area (TPSA) is 73.6 Å². The molecular weight excluding hydrogens is 264 g/mol. The van der Waals surface area contributed by atoms with E-state index in [0.717, 1.165) is 0 Å². The maximum Gasteiger partial charge on any atom is 0.411 e. The number of thiocarbonyl (C=S) groups is 1. The average molecular weight is 282 g/mol. The van der Waals surface area contributed by atoms with Gasteiger partial charge in [0.15, 0.2) is 0 Å². The minimum Gasteiger partial charge on any atom is -0.487 e. The summed E-state index contributed by atoms with van der Waals surface area (Å²) in [5, 5.41) is 2.62. The summed E-state index contributed by atoms with van der Waals surface area (Å²) in [6, 6.07) is 6.86. The average Bonchev–Trinajstić information content (AvgIpc) is 2.35. The van der Waals surface area contributed by atoms with Gasteiger partial charge < -0.3 is 15.2 Å². The highest BCUT2D eigenvalue weighted by Crippen LogP contribution is 2.15. The summed E-state index contributed by atoms with van der Waals surface area (Å²) in [7, 11) is 0. The number of rotatable bonds is 6. The minimum absolute atomic E-state index is 0.193. The lowest BCUT2D eigenvalue weighted by molar-refractivity contribution is 0.147. The molecule has 19 heavy (non-hydrogen) atoms. The van der Waals surface area contributed by atoms with E-state index in [1.807, 2.05) is 13.8 Å². The lowest BCUT2D eigenvalue weighted by atomic mass is 10.2. The van der Waals surface area contributed by atoms with Gasteiger partial charge in [-0.3, -0.25) is 5.32 Å². The molecule has 0 bridgehead atoms. The van der Waals surface area contributed by atoms with E-state index in [1.165, 1.54) is 0 Å². The number of hydrogen-bond acceptors (Lipinski definition) is 4. The van der Waals surface area contributed by atoms with Crippen molar-refractivity contribution in [3.63, 3.8) is 0 Å². The van der Waals surface area contributed by atoms with E-state index in [4.69, 9.17) is 27.4 Å². The molecule has 0 saturated heterocycles. The normalized spacial score (nSPS) is 10.1. The van der Waals surface area contributed by atoms with Crippen LogP contribution in [0.5, 0.6) is 5.75 Å². The Kier molecular flexibility index (Phi) is 6.08. The van der Waals surface area contributed by atoms with Crippen molar-refractivity contribution in [3.05, 3.63) is 24.3 Å². The quantitative estimate of drug-likeness (QED) is 0.784. The van der Waals surface area contributed by atoms with Crippen LogP contribution in [0.3, 0.4) is 0 Å². The van der Waals surface area contributed by atoms with Crippen molar-refractivity contribution in [1.29, 1.82) is 0 Å². The van der Waals surface area contributed by atoms with Gasteiger partial charge in [0.05, 0.1) is 6.61 Å². The molecule has 1 rings (SSSR count). The molecule has 0 fully saturated rings. The van der Waals surface area contributed by atoms with Crippen LogP contribution in [0.1, 0.15) is 13.8 Å². The Hall–Kier alpha value is -1.82. The number of ether oxygens (including phenoxy) is 2. The van der Waals surface area contributed by atoms with Gasteiger partial charge in [-0.1, -0.05) is 26.1 Å². The fourth-order valence-electron chi connectivity index (χ4n) is 1.19. The number of nitrogens with two attached hydrogens (primary N) is 1. The molecular formula is C13H18N2O3S. The summed E-state index contributed by atoms with van der Waals surface area (Å²) in [5.74, 6) is 0.940. The maximum atomic E-state index is 11.4. The lowest BCUT2D eigenvalue weighted by Gasteiger charge is -2.09. The number of carbonyl (C=O) groups excluding carboxylic acids is 1. The zero-order valence-electron chi connectivity index (χ0n) is 11.0. The first-order chi connectivity index (χ1) is 8.97. The monoisotopic (exact) mass is 282 g/mol. The number of amides is 1. The smallest absolute Gasteiger partial charge is 0.411 e. The third-order valence-corrected chi connectivity index (χ3v) is 2.15. The molecule has 0 atom stereocenters. The van der Waals surface area contributed by atoms with Gasteiger partial charge in [0.2, 0.25) is 0 Å². The van der Waals surface area contributed by atoms with E-state index in [2.05, 4.69) is 5.32 Å². The molecule has 0 saturated carbocycles. The Bertz CT molecular complexity index is 432. The minimum atomic E-state index is -0.467. The largest absolute Gasteiger partial charge is 0.487 e. The first-order valence-electron chi connectivity index (χ1n) is 5.92. The summed E-state index contributed by atoms with van der Waals surface area (Å²) >= 11 is 4.71. The number of benzene rings is 1. The molecule has 0 aliphatic heterocycles. The van der Waals surface area contributed by atoms with E-state index in [9.17, 15) is 4.79 Å². The number of anilines is 1. The molecule has 0 aromatic heterocycles. The zero-order valence-corrected chi connectivity index (χ0v) is 11.8. The molecule has 1 aromatic rings. The van der Waals surface area contributed by atoms with E-state index < -0.39 is 6.09 Å². The van der Waals surface area contributed by atoms with Crippen LogP contribution in [0.25, 0.3) is 0 Å². The molecule has 1 amide bonds. The molecule has 1 aromatic carbocycles. The van der Waals surface area contributed by atoms with Crippen molar-refractivity contribution in [2.75, 3.05) is 18.5 Å². The highest BCUT2D eigenvalue weighted by atomic mass is 32.1. The Labute approximate surface area is 118 Å². The molecule has 0 spiro atoms. The fraction of sp³-hybridized carbons (Fsp3) is 0.385. The van der Waals surface area contributed by atoms with Crippen LogP contribution in [-0.4, -0.2) is 24.3 Å². The first-order valence-corrected chi connectivity index (χ1v) is 6.33. The summed E-state index contributed by atoms with van der Waals surface area (Å²) in [6.45, 7) is 4.53. The molecule has 0 aliphatic carbocycles. The van der Waals surface area contributed by atoms with Gasteiger partial charge in [0.1, 0.15) is 17.3 Å². The van der Waals surface area contributed by atoms with Crippen LogP contribution >= 0.6 is 12.2 Å². The van der Waals surface area contributed by atoms with Crippen molar-refractivity contribution in [1.82, 2.24) is 0 Å². The summed E-state index contributed by atoms with van der Waals surface area (Å²) in [5.41, 5.74) is 5.96. The number of nitrogens with one attached hydrogen (secondary N) is 1. The van der Waals surface area contributed by atoms with E-state index in [-0.39, 0.29) is 6.61 Å². The van der Waals surface area contributed by atoms with Gasteiger partial charge in [0, 0.05) is 5.69 Å². The summed E-state index contributed by atoms with van der Waals surface area (Å²) < 4.78 is 10.3. The SMILES string of the molecule is CC(C)COC(=O)Nc1ccc(OCC(N)=S)cc1. The van der Waals surface area contributed by atoms with E-state index in [1.54, 1.807) is 24.3 Å². The molecule has 0 radical (unpaired) electrons. The van der Waals surface area contributed by atoms with E-state index >= 15 is 0 Å². The third-order valence-electron chi connectivity index (χ3n) is 2.03. The number of carbonyl (C=O) groups is 1. The highest BCUT2D eigenvalue weighted by molar-refractivity contribution is 7.80. The van der Waals surface area contributed by atoms with Crippen molar-refractivity contribution in [3.8, 4) is 5.75 Å². The molecule has 0 heterocycles. The predicted octanol–water partition coefficient (Wildman–Crippen LogP) is 2.56. The van der Waals surface area contributed by atoms with Gasteiger partial charge in [0.25, 0.3) is 0 Å². The molecule has 3 N–H and O–H groups in total. The van der Waals surface area contributed by atoms with Crippen molar-refractivity contribution >= 4 is 29.0 Å². The van der Waals surface area contributed by atoms with Gasteiger partial charge >= 0.3 is 6.09 Å². The highest BCUT2D eigenvalue weighted by Gasteiger charge is 2.04. The Morgan fingerprint density at radius 2 is 2.00 bits per heavy atom. The maximum absolute atomic E-state index is 11.4. The number of hydrogen-bond donors (Lipinski definition) is 2. The standard InChI is InChI=1S/C13H18N2O3S/c1-9(2)7-18-13(16)15-10-3-5-11(6-4-10)17-8-12(14)19/h3-6,9H,7-8H2,1-2H3,(H2,14,19)(H,15,16). The second kappa shape index (κ2) is 7.58. The van der Waals surface area contributed by atoms with E-state index in [0.29, 0.717) is 29.0 Å². The predicted molar refractivity (Wildman–Crippen MR) is 78.5 cm³/mol. The van der Waals surface area contributed by atoms with Gasteiger partial charge in [-0.15, -0.1) is 0 Å². The van der Waals surface area contributed by atoms with Crippen LogP contribution in [0.15, 0.2) is 24.3 Å². The van der Waals surface area contributed by atoms with Crippen LogP contribution in [0.4, 0.5) is 10.5 Å². The van der Waals surface area contributed by atoms with Crippen LogP contribution < -0.4 is 15.8 Å². The second-order valence-electron chi connectivity index (χ2n) is 4.40. The fourth-order valence-corrected chi connectivity index (χ4v) is 1.24. The molecule has 104 valence electrons. The third kappa shape index (κ3) is 6.61. The molecule has 0 aliphatic rings. The second-order valence-corrected chi connectivity index (χ2v) is 4.92. The summed E-state index contributed by atoms with van der Waals surface area (Å²) in [6.07, 6.45) is -0.467. The van der Waals surface area contributed by atoms with Gasteiger partial charge in [-0.2, -0.15) is 0 Å². The van der Waals surface area contributed by atoms with Crippen molar-refractivity contribution in [2.24, 2.45) is 11.7 Å². The van der Waals surface area contributed by atoms with Crippen LogP contribution in [0, 0.1) is 5.92 Å². The Morgan fingerprint density at radius 3 is 2.53 bits per heavy atom. The van der Waals surface area contributed by atoms with Gasteiger partial charge in [-0.05, 0) is 30.2 Å².